The zero-order valence-electron chi connectivity index (χ0n) is 19.7. The Balaban J connectivity index is 1.13. The van der Waals surface area contributed by atoms with Gasteiger partial charge in [0.1, 0.15) is 51.1 Å². The summed E-state index contributed by atoms with van der Waals surface area (Å²) in [5, 5.41) is 0.807. The van der Waals surface area contributed by atoms with Crippen molar-refractivity contribution in [2.24, 2.45) is 0 Å². The number of hydrogen-bond donors (Lipinski definition) is 2. The van der Waals surface area contributed by atoms with Gasteiger partial charge in [-0.05, 0) is 42.0 Å². The SMILES string of the molecule is O=C(COc1ccccc1)OCC[NH+]1CC[NH+]([C@@H]2Cc3cc(Cl)ccc3Sc3ccccc32)CC1. The van der Waals surface area contributed by atoms with Gasteiger partial charge in [-0.25, -0.2) is 4.79 Å². The summed E-state index contributed by atoms with van der Waals surface area (Å²) in [4.78, 5) is 17.8. The molecule has 0 aromatic heterocycles. The second-order valence-corrected chi connectivity index (χ2v) is 10.6. The first-order valence-corrected chi connectivity index (χ1v) is 13.4. The molecule has 2 aliphatic rings. The number of benzene rings is 3. The lowest BCUT2D eigenvalue weighted by atomic mass is 9.96. The smallest absolute Gasteiger partial charge is 0.344 e. The summed E-state index contributed by atoms with van der Waals surface area (Å²) in [5.41, 5.74) is 2.78. The van der Waals surface area contributed by atoms with Gasteiger partial charge in [-0.15, -0.1) is 0 Å². The lowest BCUT2D eigenvalue weighted by Gasteiger charge is -2.35. The van der Waals surface area contributed by atoms with E-state index < -0.39 is 0 Å². The monoisotopic (exact) mass is 510 g/mol. The third kappa shape index (κ3) is 6.19. The van der Waals surface area contributed by atoms with Crippen LogP contribution in [0.1, 0.15) is 17.2 Å². The van der Waals surface area contributed by atoms with Crippen molar-refractivity contribution in [1.29, 1.82) is 0 Å². The van der Waals surface area contributed by atoms with Crippen molar-refractivity contribution < 1.29 is 24.1 Å². The zero-order valence-corrected chi connectivity index (χ0v) is 21.2. The standard InChI is InChI=1S/C28H29ClN2O3S/c29-22-10-11-26-21(18-22)19-25(24-8-4-5-9-27(24)35-26)31-14-12-30(13-15-31)16-17-33-28(32)20-34-23-6-2-1-3-7-23/h1-11,18,25H,12-17,19-20H2/p+2/t25-/m1/s1. The summed E-state index contributed by atoms with van der Waals surface area (Å²) >= 11 is 8.21. The fraction of sp³-hybridized carbons (Fsp3) is 0.321. The lowest BCUT2D eigenvalue weighted by Crippen LogP contribution is -3.28. The number of fused-ring (bicyclic) bond motifs is 2. The van der Waals surface area contributed by atoms with Crippen molar-refractivity contribution in [3.63, 3.8) is 0 Å². The van der Waals surface area contributed by atoms with Gasteiger partial charge in [-0.3, -0.25) is 0 Å². The highest BCUT2D eigenvalue weighted by atomic mass is 35.5. The average Bonchev–Trinajstić information content (AvgIpc) is 3.05. The molecule has 0 aliphatic carbocycles. The van der Waals surface area contributed by atoms with E-state index in [1.54, 1.807) is 4.90 Å². The van der Waals surface area contributed by atoms with Gasteiger partial charge in [-0.2, -0.15) is 0 Å². The van der Waals surface area contributed by atoms with Crippen LogP contribution in [0.15, 0.2) is 82.6 Å². The Bertz CT molecular complexity index is 1150. The highest BCUT2D eigenvalue weighted by Crippen LogP contribution is 2.40. The third-order valence-corrected chi connectivity index (χ3v) is 8.32. The molecule has 182 valence electrons. The molecule has 0 bridgehead atoms. The normalized spacial score (nSPS) is 21.3. The number of nitrogens with one attached hydrogen (secondary N) is 2. The molecule has 3 aromatic carbocycles. The molecule has 5 rings (SSSR count). The van der Waals surface area contributed by atoms with E-state index in [-0.39, 0.29) is 12.6 Å². The maximum atomic E-state index is 12.0. The summed E-state index contributed by atoms with van der Waals surface area (Å²) in [6, 6.07) is 24.9. The molecule has 0 radical (unpaired) electrons. The van der Waals surface area contributed by atoms with E-state index in [9.17, 15) is 4.79 Å². The summed E-state index contributed by atoms with van der Waals surface area (Å²) in [5.74, 6) is 0.361. The van der Waals surface area contributed by atoms with Crippen molar-refractivity contribution >= 4 is 29.3 Å². The fourth-order valence-corrected chi connectivity index (χ4v) is 6.33. The van der Waals surface area contributed by atoms with Gasteiger partial charge in [-0.1, -0.05) is 59.8 Å². The van der Waals surface area contributed by atoms with E-state index in [1.165, 1.54) is 25.8 Å². The van der Waals surface area contributed by atoms with Gasteiger partial charge in [0.05, 0.1) is 0 Å². The Labute approximate surface area is 216 Å². The number of piperazine rings is 1. The van der Waals surface area contributed by atoms with Crippen LogP contribution in [-0.4, -0.2) is 51.9 Å². The summed E-state index contributed by atoms with van der Waals surface area (Å²) in [7, 11) is 0. The van der Waals surface area contributed by atoms with Crippen molar-refractivity contribution in [3.05, 3.63) is 88.9 Å². The van der Waals surface area contributed by atoms with E-state index in [0.717, 1.165) is 44.2 Å². The van der Waals surface area contributed by atoms with E-state index in [4.69, 9.17) is 21.1 Å². The molecule has 0 saturated carbocycles. The number of para-hydroxylation sites is 1. The lowest BCUT2D eigenvalue weighted by molar-refractivity contribution is -1.03. The van der Waals surface area contributed by atoms with E-state index >= 15 is 0 Å². The number of hydrogen-bond acceptors (Lipinski definition) is 4. The first-order valence-electron chi connectivity index (χ1n) is 12.2. The maximum Gasteiger partial charge on any atom is 0.344 e. The van der Waals surface area contributed by atoms with E-state index in [0.29, 0.717) is 18.4 Å². The van der Waals surface area contributed by atoms with Crippen molar-refractivity contribution in [1.82, 2.24) is 0 Å². The molecule has 35 heavy (non-hydrogen) atoms. The molecule has 2 heterocycles. The highest BCUT2D eigenvalue weighted by Gasteiger charge is 2.34. The second kappa shape index (κ2) is 11.5. The maximum absolute atomic E-state index is 12.0. The third-order valence-electron chi connectivity index (χ3n) is 6.87. The minimum Gasteiger partial charge on any atom is -0.482 e. The molecule has 2 aliphatic heterocycles. The van der Waals surface area contributed by atoms with Crippen molar-refractivity contribution in [2.75, 3.05) is 45.9 Å². The minimum atomic E-state index is -0.317. The molecule has 7 heteroatoms. The van der Waals surface area contributed by atoms with Gasteiger partial charge < -0.3 is 19.3 Å². The van der Waals surface area contributed by atoms with Crippen LogP contribution in [0.3, 0.4) is 0 Å². The molecule has 1 saturated heterocycles. The second-order valence-electron chi connectivity index (χ2n) is 9.13. The highest BCUT2D eigenvalue weighted by molar-refractivity contribution is 7.99. The summed E-state index contributed by atoms with van der Waals surface area (Å²) < 4.78 is 10.9. The molecule has 3 aromatic rings. The topological polar surface area (TPSA) is 44.4 Å². The molecule has 1 atom stereocenters. The molecule has 0 spiro atoms. The number of halogens is 1. The van der Waals surface area contributed by atoms with Crippen molar-refractivity contribution in [3.8, 4) is 5.75 Å². The Morgan fingerprint density at radius 2 is 1.71 bits per heavy atom. The van der Waals surface area contributed by atoms with Crippen LogP contribution in [0.25, 0.3) is 0 Å². The van der Waals surface area contributed by atoms with Crippen LogP contribution >= 0.6 is 23.4 Å². The first-order chi connectivity index (χ1) is 17.2. The predicted molar refractivity (Wildman–Crippen MR) is 138 cm³/mol. The number of rotatable bonds is 7. The van der Waals surface area contributed by atoms with E-state index in [1.807, 2.05) is 48.2 Å². The van der Waals surface area contributed by atoms with Crippen LogP contribution in [0.5, 0.6) is 5.75 Å². The number of carbonyl (C=O) groups is 1. The van der Waals surface area contributed by atoms with Crippen LogP contribution in [0, 0.1) is 0 Å². The van der Waals surface area contributed by atoms with Gasteiger partial charge in [0.2, 0.25) is 0 Å². The summed E-state index contributed by atoms with van der Waals surface area (Å²) in [6.45, 7) is 5.54. The Morgan fingerprint density at radius 3 is 2.54 bits per heavy atom. The molecule has 1 fully saturated rings. The quantitative estimate of drug-likeness (QED) is 0.479. The number of carbonyl (C=O) groups excluding carboxylic acids is 1. The molecule has 2 N–H and O–H groups in total. The Hall–Kier alpha value is -2.51. The number of esters is 1. The summed E-state index contributed by atoms with van der Waals surface area (Å²) in [6.07, 6.45) is 1.00. The number of ether oxygens (including phenoxy) is 2. The van der Waals surface area contributed by atoms with Gasteiger partial charge in [0.15, 0.2) is 6.61 Å². The first kappa shape index (κ1) is 24.2. The van der Waals surface area contributed by atoms with Gasteiger partial charge in [0, 0.05) is 26.8 Å². The van der Waals surface area contributed by atoms with Crippen LogP contribution in [0.4, 0.5) is 0 Å². The molecular weight excluding hydrogens is 480 g/mol. The number of quaternary nitrogens is 2. The van der Waals surface area contributed by atoms with Gasteiger partial charge >= 0.3 is 5.97 Å². The van der Waals surface area contributed by atoms with Crippen LogP contribution in [0.2, 0.25) is 5.02 Å². The predicted octanol–water partition coefficient (Wildman–Crippen LogP) is 2.49. The molecule has 0 unspecified atom stereocenters. The zero-order chi connectivity index (χ0) is 24.0. The van der Waals surface area contributed by atoms with E-state index in [2.05, 4.69) is 36.4 Å². The molecular formula is C28H31ClN2O3S+2. The van der Waals surface area contributed by atoms with Gasteiger partial charge in [0.25, 0.3) is 0 Å². The van der Waals surface area contributed by atoms with Crippen LogP contribution in [-0.2, 0) is 16.0 Å². The van der Waals surface area contributed by atoms with Crippen LogP contribution < -0.4 is 14.5 Å². The average molecular weight is 511 g/mol. The largest absolute Gasteiger partial charge is 0.482 e. The fourth-order valence-electron chi connectivity index (χ4n) is 5.01. The minimum absolute atomic E-state index is 0.0537. The van der Waals surface area contributed by atoms with Crippen molar-refractivity contribution in [2.45, 2.75) is 22.3 Å². The Kier molecular flexibility index (Phi) is 7.94. The molecule has 0 amide bonds. The Morgan fingerprint density at radius 1 is 0.943 bits per heavy atom. The molecule has 5 nitrogen and oxygen atoms in total.